The standard InChI is InChI=1S/C9H16N4S/c1-6(2)12-8-7(4-10)5-11-9(13-8)14-3/h5-6H,4,10H2,1-3H3,(H,11,12,13). The third kappa shape index (κ3) is 2.85. The number of hydrogen-bond acceptors (Lipinski definition) is 5. The molecule has 4 nitrogen and oxygen atoms in total. The highest BCUT2D eigenvalue weighted by molar-refractivity contribution is 7.98. The third-order valence-electron chi connectivity index (χ3n) is 1.67. The van der Waals surface area contributed by atoms with Crippen LogP contribution in [0.4, 0.5) is 5.82 Å². The summed E-state index contributed by atoms with van der Waals surface area (Å²) in [6.45, 7) is 4.60. The van der Waals surface area contributed by atoms with Crippen molar-refractivity contribution >= 4 is 17.6 Å². The largest absolute Gasteiger partial charge is 0.367 e. The third-order valence-corrected chi connectivity index (χ3v) is 2.23. The van der Waals surface area contributed by atoms with E-state index in [9.17, 15) is 0 Å². The maximum absolute atomic E-state index is 5.59. The summed E-state index contributed by atoms with van der Waals surface area (Å²) < 4.78 is 0. The van der Waals surface area contributed by atoms with Crippen molar-refractivity contribution in [3.63, 3.8) is 0 Å². The normalized spacial score (nSPS) is 10.6. The molecule has 0 fully saturated rings. The number of hydrogen-bond donors (Lipinski definition) is 2. The molecule has 0 aliphatic heterocycles. The van der Waals surface area contributed by atoms with E-state index < -0.39 is 0 Å². The van der Waals surface area contributed by atoms with Crippen LogP contribution in [0.1, 0.15) is 19.4 Å². The molecule has 1 heterocycles. The molecule has 5 heteroatoms. The van der Waals surface area contributed by atoms with Crippen molar-refractivity contribution in [2.45, 2.75) is 31.6 Å². The molecule has 0 spiro atoms. The predicted molar refractivity (Wildman–Crippen MR) is 60.5 cm³/mol. The number of nitrogens with zero attached hydrogens (tertiary/aromatic N) is 2. The Bertz CT molecular complexity index is 301. The summed E-state index contributed by atoms with van der Waals surface area (Å²) in [5.74, 6) is 0.849. The molecule has 3 N–H and O–H groups in total. The number of nitrogens with one attached hydrogen (secondary N) is 1. The second kappa shape index (κ2) is 5.17. The molecule has 78 valence electrons. The number of rotatable bonds is 4. The van der Waals surface area contributed by atoms with Gasteiger partial charge in [0.05, 0.1) is 0 Å². The van der Waals surface area contributed by atoms with Crippen LogP contribution in [0.25, 0.3) is 0 Å². The van der Waals surface area contributed by atoms with Crippen molar-refractivity contribution in [1.82, 2.24) is 9.97 Å². The second-order valence-corrected chi connectivity index (χ2v) is 4.01. The molecule has 0 aliphatic rings. The van der Waals surface area contributed by atoms with Crippen molar-refractivity contribution in [1.29, 1.82) is 0 Å². The van der Waals surface area contributed by atoms with E-state index in [1.54, 1.807) is 6.20 Å². The zero-order valence-corrected chi connectivity index (χ0v) is 9.56. The van der Waals surface area contributed by atoms with Crippen molar-refractivity contribution in [3.05, 3.63) is 11.8 Å². The molecule has 0 aliphatic carbocycles. The lowest BCUT2D eigenvalue weighted by molar-refractivity contribution is 0.848. The van der Waals surface area contributed by atoms with E-state index in [4.69, 9.17) is 5.73 Å². The van der Waals surface area contributed by atoms with Gasteiger partial charge in [0.15, 0.2) is 5.16 Å². The van der Waals surface area contributed by atoms with E-state index in [0.29, 0.717) is 12.6 Å². The minimum Gasteiger partial charge on any atom is -0.367 e. The van der Waals surface area contributed by atoms with Crippen molar-refractivity contribution < 1.29 is 0 Å². The van der Waals surface area contributed by atoms with E-state index >= 15 is 0 Å². The van der Waals surface area contributed by atoms with Gasteiger partial charge in [-0.2, -0.15) is 0 Å². The lowest BCUT2D eigenvalue weighted by atomic mass is 10.3. The van der Waals surface area contributed by atoms with Crippen LogP contribution >= 0.6 is 11.8 Å². The summed E-state index contributed by atoms with van der Waals surface area (Å²) in [6.07, 6.45) is 3.74. The van der Waals surface area contributed by atoms with Crippen molar-refractivity contribution in [3.8, 4) is 0 Å². The van der Waals surface area contributed by atoms with Gasteiger partial charge in [-0.1, -0.05) is 11.8 Å². The molecule has 0 unspecified atom stereocenters. The van der Waals surface area contributed by atoms with Crippen LogP contribution in [0.5, 0.6) is 0 Å². The van der Waals surface area contributed by atoms with Gasteiger partial charge in [-0.3, -0.25) is 0 Å². The van der Waals surface area contributed by atoms with Gasteiger partial charge in [0.1, 0.15) is 5.82 Å². The summed E-state index contributed by atoms with van der Waals surface area (Å²) in [6, 6.07) is 0.352. The van der Waals surface area contributed by atoms with Crippen LogP contribution in [-0.2, 0) is 6.54 Å². The minimum atomic E-state index is 0.352. The number of nitrogens with two attached hydrogens (primary N) is 1. The maximum Gasteiger partial charge on any atom is 0.189 e. The van der Waals surface area contributed by atoms with Gasteiger partial charge in [-0.05, 0) is 20.1 Å². The molecule has 14 heavy (non-hydrogen) atoms. The van der Waals surface area contributed by atoms with E-state index in [2.05, 4.69) is 29.1 Å². The SMILES string of the molecule is CSc1ncc(CN)c(NC(C)C)n1. The monoisotopic (exact) mass is 212 g/mol. The zero-order valence-electron chi connectivity index (χ0n) is 8.74. The molecule has 0 aromatic carbocycles. The Labute approximate surface area is 88.7 Å². The fourth-order valence-corrected chi connectivity index (χ4v) is 1.38. The highest BCUT2D eigenvalue weighted by atomic mass is 32.2. The first-order valence-electron chi connectivity index (χ1n) is 4.54. The topological polar surface area (TPSA) is 63.8 Å². The predicted octanol–water partition coefficient (Wildman–Crippen LogP) is 1.48. The lowest BCUT2D eigenvalue weighted by Gasteiger charge is -2.12. The average molecular weight is 212 g/mol. The number of thioether (sulfide) groups is 1. The van der Waals surface area contributed by atoms with Gasteiger partial charge in [-0.15, -0.1) is 0 Å². The Hall–Kier alpha value is -0.810. The summed E-state index contributed by atoms with van der Waals surface area (Å²) >= 11 is 1.53. The molecule has 0 bridgehead atoms. The van der Waals surface area contributed by atoms with Gasteiger partial charge in [-0.25, -0.2) is 9.97 Å². The van der Waals surface area contributed by atoms with Crippen LogP contribution in [0.3, 0.4) is 0 Å². The minimum absolute atomic E-state index is 0.352. The molecule has 1 aromatic heterocycles. The highest BCUT2D eigenvalue weighted by Crippen LogP contribution is 2.16. The summed E-state index contributed by atoms with van der Waals surface area (Å²) in [4.78, 5) is 8.53. The van der Waals surface area contributed by atoms with Crippen LogP contribution < -0.4 is 11.1 Å². The first kappa shape index (κ1) is 11.3. The molecular formula is C9H16N4S. The Balaban J connectivity index is 2.96. The number of aromatic nitrogens is 2. The quantitative estimate of drug-likeness (QED) is 0.584. The molecule has 0 saturated heterocycles. The molecule has 0 atom stereocenters. The Kier molecular flexibility index (Phi) is 4.16. The Morgan fingerprint density at radius 2 is 2.29 bits per heavy atom. The van der Waals surface area contributed by atoms with Crippen molar-refractivity contribution in [2.24, 2.45) is 5.73 Å². The molecule has 1 rings (SSSR count). The number of anilines is 1. The van der Waals surface area contributed by atoms with E-state index in [1.165, 1.54) is 11.8 Å². The second-order valence-electron chi connectivity index (χ2n) is 3.23. The maximum atomic E-state index is 5.59. The summed E-state index contributed by atoms with van der Waals surface area (Å²) in [7, 11) is 0. The molecular weight excluding hydrogens is 196 g/mol. The lowest BCUT2D eigenvalue weighted by Crippen LogP contribution is -2.15. The molecule has 0 amide bonds. The van der Waals surface area contributed by atoms with Gasteiger partial charge in [0.25, 0.3) is 0 Å². The van der Waals surface area contributed by atoms with Crippen molar-refractivity contribution in [2.75, 3.05) is 11.6 Å². The van der Waals surface area contributed by atoms with Crippen LogP contribution in [0, 0.1) is 0 Å². The van der Waals surface area contributed by atoms with E-state index in [1.807, 2.05) is 6.26 Å². The Morgan fingerprint density at radius 1 is 1.57 bits per heavy atom. The van der Waals surface area contributed by atoms with Crippen LogP contribution in [0.15, 0.2) is 11.4 Å². The highest BCUT2D eigenvalue weighted by Gasteiger charge is 2.06. The Morgan fingerprint density at radius 3 is 2.79 bits per heavy atom. The molecule has 1 aromatic rings. The molecule has 0 radical (unpaired) electrons. The first-order chi connectivity index (χ1) is 6.67. The fraction of sp³-hybridized carbons (Fsp3) is 0.556. The van der Waals surface area contributed by atoms with E-state index in [0.717, 1.165) is 16.5 Å². The van der Waals surface area contributed by atoms with E-state index in [-0.39, 0.29) is 0 Å². The van der Waals surface area contributed by atoms with Crippen LogP contribution in [-0.4, -0.2) is 22.3 Å². The molecule has 0 saturated carbocycles. The first-order valence-corrected chi connectivity index (χ1v) is 5.76. The van der Waals surface area contributed by atoms with Gasteiger partial charge in [0, 0.05) is 24.3 Å². The summed E-state index contributed by atoms with van der Waals surface area (Å²) in [5.41, 5.74) is 6.55. The smallest absolute Gasteiger partial charge is 0.189 e. The zero-order chi connectivity index (χ0) is 10.6. The van der Waals surface area contributed by atoms with Gasteiger partial charge in [0.2, 0.25) is 0 Å². The fourth-order valence-electron chi connectivity index (χ4n) is 1.04. The van der Waals surface area contributed by atoms with Gasteiger partial charge >= 0.3 is 0 Å². The average Bonchev–Trinajstić information content (AvgIpc) is 2.16. The van der Waals surface area contributed by atoms with Gasteiger partial charge < -0.3 is 11.1 Å². The summed E-state index contributed by atoms with van der Waals surface area (Å²) in [5, 5.41) is 4.02. The van der Waals surface area contributed by atoms with Crippen LogP contribution in [0.2, 0.25) is 0 Å².